The van der Waals surface area contributed by atoms with Crippen LogP contribution in [-0.4, -0.2) is 39.9 Å². The lowest BCUT2D eigenvalue weighted by Crippen LogP contribution is -2.47. The van der Waals surface area contributed by atoms with Crippen molar-refractivity contribution in [2.45, 2.75) is 6.92 Å². The van der Waals surface area contributed by atoms with E-state index in [1.165, 1.54) is 0 Å². The fourth-order valence-corrected chi connectivity index (χ4v) is 3.98. The first-order valence-corrected chi connectivity index (χ1v) is 10.9. The van der Waals surface area contributed by atoms with Crippen LogP contribution in [0.5, 0.6) is 11.5 Å². The minimum absolute atomic E-state index is 0.0220. The molecule has 3 aromatic rings. The molecule has 6 nitrogen and oxygen atoms in total. The quantitative estimate of drug-likeness (QED) is 0.541. The minimum Gasteiger partial charge on any atom is -0.497 e. The van der Waals surface area contributed by atoms with Crippen molar-refractivity contribution in [3.05, 3.63) is 90.6 Å². The largest absolute Gasteiger partial charge is 0.497 e. The number of hydrogen-bond acceptors (Lipinski definition) is 5. The van der Waals surface area contributed by atoms with Crippen molar-refractivity contribution in [3.63, 3.8) is 0 Å². The average Bonchev–Trinajstić information content (AvgIpc) is 2.87. The van der Waals surface area contributed by atoms with Crippen LogP contribution in [0.3, 0.4) is 0 Å². The smallest absolute Gasteiger partial charge is 0.227 e. The highest BCUT2D eigenvalue weighted by Gasteiger charge is 2.23. The van der Waals surface area contributed by atoms with Crippen LogP contribution in [-0.2, 0) is 4.79 Å². The van der Waals surface area contributed by atoms with E-state index >= 15 is 0 Å². The first-order chi connectivity index (χ1) is 16.1. The van der Waals surface area contributed by atoms with Crippen LogP contribution in [0.15, 0.2) is 90.6 Å². The molecule has 0 aliphatic carbocycles. The maximum absolute atomic E-state index is 12.5. The summed E-state index contributed by atoms with van der Waals surface area (Å²) in [4.78, 5) is 18.8. The Morgan fingerprint density at radius 2 is 1.27 bits per heavy atom. The van der Waals surface area contributed by atoms with Crippen LogP contribution in [0.25, 0.3) is 0 Å². The van der Waals surface area contributed by atoms with Crippen molar-refractivity contribution >= 4 is 23.0 Å². The monoisotopic (exact) mass is 443 g/mol. The lowest BCUT2D eigenvalue weighted by Gasteiger charge is -2.40. The van der Waals surface area contributed by atoms with Gasteiger partial charge in [0, 0.05) is 43.3 Å². The molecule has 0 saturated carbocycles. The number of benzene rings is 3. The third-order valence-electron chi connectivity index (χ3n) is 5.69. The van der Waals surface area contributed by atoms with Gasteiger partial charge in [0.05, 0.1) is 20.9 Å². The number of ether oxygens (including phenoxy) is 2. The summed E-state index contributed by atoms with van der Waals surface area (Å²) < 4.78 is 10.6. The fourth-order valence-electron chi connectivity index (χ4n) is 3.98. The zero-order chi connectivity index (χ0) is 23.2. The van der Waals surface area contributed by atoms with Crippen LogP contribution in [0.2, 0.25) is 0 Å². The summed E-state index contributed by atoms with van der Waals surface area (Å²) in [5.74, 6) is 1.63. The van der Waals surface area contributed by atoms with Gasteiger partial charge in [0.25, 0.3) is 0 Å². The molecule has 1 heterocycles. The maximum atomic E-state index is 12.5. The lowest BCUT2D eigenvalue weighted by molar-refractivity contribution is -0.116. The molecule has 0 N–H and O–H groups in total. The van der Waals surface area contributed by atoms with E-state index in [0.717, 1.165) is 53.9 Å². The predicted octanol–water partition coefficient (Wildman–Crippen LogP) is 4.92. The van der Waals surface area contributed by atoms with Gasteiger partial charge in [-0.3, -0.25) is 9.69 Å². The summed E-state index contributed by atoms with van der Waals surface area (Å²) in [6.07, 6.45) is 1.98. The molecule has 0 atom stereocenters. The van der Waals surface area contributed by atoms with Crippen molar-refractivity contribution in [1.82, 2.24) is 0 Å². The Labute approximate surface area is 195 Å². The molecule has 170 valence electrons. The first-order valence-electron chi connectivity index (χ1n) is 10.9. The van der Waals surface area contributed by atoms with E-state index in [1.54, 1.807) is 26.0 Å². The molecule has 0 unspecified atom stereocenters. The number of methoxy groups -OCH3 is 2. The van der Waals surface area contributed by atoms with E-state index in [4.69, 9.17) is 9.47 Å². The zero-order valence-electron chi connectivity index (χ0n) is 19.3. The van der Waals surface area contributed by atoms with E-state index in [-0.39, 0.29) is 5.91 Å². The summed E-state index contributed by atoms with van der Waals surface area (Å²) in [5.41, 5.74) is 4.17. The van der Waals surface area contributed by atoms with Crippen molar-refractivity contribution in [2.75, 3.05) is 48.7 Å². The van der Waals surface area contributed by atoms with Crippen molar-refractivity contribution in [1.29, 1.82) is 0 Å². The van der Waals surface area contributed by atoms with Gasteiger partial charge in [-0.05, 0) is 66.2 Å². The second-order valence-electron chi connectivity index (χ2n) is 7.95. The van der Waals surface area contributed by atoms with Gasteiger partial charge < -0.3 is 19.3 Å². The molecule has 1 aliphatic rings. The van der Waals surface area contributed by atoms with Crippen LogP contribution in [0.4, 0.5) is 17.1 Å². The topological polar surface area (TPSA) is 45.2 Å². The van der Waals surface area contributed by atoms with Crippen molar-refractivity contribution in [3.8, 4) is 11.5 Å². The molecule has 1 fully saturated rings. The van der Waals surface area contributed by atoms with E-state index < -0.39 is 0 Å². The molecule has 0 radical (unpaired) electrons. The van der Waals surface area contributed by atoms with E-state index in [0.29, 0.717) is 0 Å². The van der Waals surface area contributed by atoms with Gasteiger partial charge in [0.1, 0.15) is 11.5 Å². The molecule has 3 aromatic carbocycles. The van der Waals surface area contributed by atoms with Gasteiger partial charge in [-0.15, -0.1) is 0 Å². The number of para-hydroxylation sites is 1. The van der Waals surface area contributed by atoms with Gasteiger partial charge in [0.15, 0.2) is 0 Å². The molecule has 0 aromatic heterocycles. The molecule has 4 rings (SSSR count). The summed E-state index contributed by atoms with van der Waals surface area (Å²) in [5, 5.41) is 0. The number of carbonyl (C=O) groups is 1. The van der Waals surface area contributed by atoms with Crippen LogP contribution in [0.1, 0.15) is 6.92 Å². The summed E-state index contributed by atoms with van der Waals surface area (Å²) in [7, 11) is 3.34. The number of rotatable bonds is 6. The number of anilines is 3. The van der Waals surface area contributed by atoms with Gasteiger partial charge in [-0.2, -0.15) is 0 Å². The molecule has 0 spiro atoms. The molecule has 1 aliphatic heterocycles. The average molecular weight is 444 g/mol. The predicted molar refractivity (Wildman–Crippen MR) is 133 cm³/mol. The summed E-state index contributed by atoms with van der Waals surface area (Å²) in [6, 6.07) is 25.9. The van der Waals surface area contributed by atoms with Crippen LogP contribution < -0.4 is 24.2 Å². The highest BCUT2D eigenvalue weighted by atomic mass is 16.5. The molecule has 6 heteroatoms. The van der Waals surface area contributed by atoms with Gasteiger partial charge in [0.2, 0.25) is 5.91 Å². The Kier molecular flexibility index (Phi) is 6.83. The Balaban J connectivity index is 1.68. The third-order valence-corrected chi connectivity index (χ3v) is 5.69. The fraction of sp³-hybridized carbons (Fsp3) is 0.222. The van der Waals surface area contributed by atoms with E-state index in [1.807, 2.05) is 60.8 Å². The first kappa shape index (κ1) is 22.3. The SMILES string of the molecule is COc1ccc(N2CC(=CN(C(C)=O)c3ccccc3)CN(c3ccc(OC)cc3)C2)cc1. The summed E-state index contributed by atoms with van der Waals surface area (Å²) >= 11 is 0. The second-order valence-corrected chi connectivity index (χ2v) is 7.95. The minimum atomic E-state index is -0.0220. The Morgan fingerprint density at radius 1 is 0.788 bits per heavy atom. The maximum Gasteiger partial charge on any atom is 0.227 e. The highest BCUT2D eigenvalue weighted by molar-refractivity contribution is 5.93. The van der Waals surface area contributed by atoms with Crippen LogP contribution >= 0.6 is 0 Å². The number of hydrogen-bond donors (Lipinski definition) is 0. The standard InChI is InChI=1S/C27H29N3O3/c1-21(31)30(25-7-5-4-6-8-25)19-22-17-28(23-9-13-26(32-2)14-10-23)20-29(18-22)24-11-15-27(33-3)16-12-24/h4-16,19H,17-18,20H2,1-3H3. The lowest BCUT2D eigenvalue weighted by atomic mass is 10.1. The molecule has 0 bridgehead atoms. The Morgan fingerprint density at radius 3 is 1.70 bits per heavy atom. The summed E-state index contributed by atoms with van der Waals surface area (Å²) in [6.45, 7) is 3.75. The Bertz CT molecular complexity index is 1040. The molecule has 1 saturated heterocycles. The van der Waals surface area contributed by atoms with Crippen LogP contribution in [0, 0.1) is 0 Å². The number of amides is 1. The molecule has 1 amide bonds. The molecular formula is C27H29N3O3. The third kappa shape index (κ3) is 5.29. The number of carbonyl (C=O) groups excluding carboxylic acids is 1. The van der Waals surface area contributed by atoms with Gasteiger partial charge in [-0.25, -0.2) is 0 Å². The Hall–Kier alpha value is -3.93. The second kappa shape index (κ2) is 10.1. The van der Waals surface area contributed by atoms with E-state index in [9.17, 15) is 4.79 Å². The van der Waals surface area contributed by atoms with Crippen molar-refractivity contribution < 1.29 is 14.3 Å². The molecule has 33 heavy (non-hydrogen) atoms. The van der Waals surface area contributed by atoms with Gasteiger partial charge >= 0.3 is 0 Å². The van der Waals surface area contributed by atoms with E-state index in [2.05, 4.69) is 34.1 Å². The van der Waals surface area contributed by atoms with Gasteiger partial charge in [-0.1, -0.05) is 18.2 Å². The highest BCUT2D eigenvalue weighted by Crippen LogP contribution is 2.28. The number of nitrogens with zero attached hydrogens (tertiary/aromatic N) is 3. The zero-order valence-corrected chi connectivity index (χ0v) is 19.3. The normalized spacial score (nSPS) is 13.5. The van der Waals surface area contributed by atoms with Crippen molar-refractivity contribution in [2.24, 2.45) is 0 Å². The molecular weight excluding hydrogens is 414 g/mol.